The number of rotatable bonds is 8. The molecule has 2 N–H and O–H groups in total. The standard InChI is InChI=1S/C13H18ClNO3/c14-12-4-1-3-11(9-12)10-13(17)15-5-2-7-18-8-6-16/h1,3-4,9,16H,2,5-8,10H2,(H,15,17). The lowest BCUT2D eigenvalue weighted by Gasteiger charge is -2.06. The van der Waals surface area contributed by atoms with Crippen molar-refractivity contribution < 1.29 is 14.6 Å². The van der Waals surface area contributed by atoms with Crippen LogP contribution in [-0.4, -0.2) is 37.4 Å². The van der Waals surface area contributed by atoms with E-state index in [4.69, 9.17) is 21.4 Å². The summed E-state index contributed by atoms with van der Waals surface area (Å²) in [4.78, 5) is 11.6. The molecule has 1 amide bonds. The fraction of sp³-hybridized carbons (Fsp3) is 0.462. The van der Waals surface area contributed by atoms with Gasteiger partial charge < -0.3 is 15.2 Å². The molecule has 0 atom stereocenters. The third-order valence-electron chi connectivity index (χ3n) is 2.28. The summed E-state index contributed by atoms with van der Waals surface area (Å²) in [5.41, 5.74) is 0.900. The highest BCUT2D eigenvalue weighted by molar-refractivity contribution is 6.30. The van der Waals surface area contributed by atoms with Gasteiger partial charge in [0.25, 0.3) is 0 Å². The summed E-state index contributed by atoms with van der Waals surface area (Å²) in [6, 6.07) is 7.26. The molecular formula is C13H18ClNO3. The molecule has 0 heterocycles. The van der Waals surface area contributed by atoms with Crippen LogP contribution in [-0.2, 0) is 16.0 Å². The summed E-state index contributed by atoms with van der Waals surface area (Å²) in [5, 5.41) is 11.9. The molecule has 0 aliphatic rings. The maximum atomic E-state index is 11.6. The quantitative estimate of drug-likeness (QED) is 0.703. The smallest absolute Gasteiger partial charge is 0.224 e. The molecule has 0 fully saturated rings. The Kier molecular flexibility index (Phi) is 7.41. The van der Waals surface area contributed by atoms with Crippen LogP contribution in [0.15, 0.2) is 24.3 Å². The van der Waals surface area contributed by atoms with Gasteiger partial charge in [-0.1, -0.05) is 23.7 Å². The van der Waals surface area contributed by atoms with Crippen LogP contribution in [0.5, 0.6) is 0 Å². The number of ether oxygens (including phenoxy) is 1. The number of aliphatic hydroxyl groups is 1. The molecule has 0 spiro atoms. The Hall–Kier alpha value is -1.10. The summed E-state index contributed by atoms with van der Waals surface area (Å²) in [6.45, 7) is 1.49. The van der Waals surface area contributed by atoms with Crippen molar-refractivity contribution in [2.24, 2.45) is 0 Å². The van der Waals surface area contributed by atoms with Crippen LogP contribution in [0.4, 0.5) is 0 Å². The van der Waals surface area contributed by atoms with Crippen molar-refractivity contribution in [3.8, 4) is 0 Å². The average Bonchev–Trinajstić information content (AvgIpc) is 2.33. The van der Waals surface area contributed by atoms with Crippen molar-refractivity contribution in [2.75, 3.05) is 26.4 Å². The first-order chi connectivity index (χ1) is 8.72. The Labute approximate surface area is 112 Å². The second-order valence-corrected chi connectivity index (χ2v) is 4.28. The molecule has 0 radical (unpaired) electrons. The Morgan fingerprint density at radius 1 is 1.39 bits per heavy atom. The SMILES string of the molecule is O=C(Cc1cccc(Cl)c1)NCCCOCCO. The average molecular weight is 272 g/mol. The molecule has 0 aliphatic carbocycles. The Bertz CT molecular complexity index is 371. The van der Waals surface area contributed by atoms with Crippen LogP contribution in [0.1, 0.15) is 12.0 Å². The molecule has 0 bridgehead atoms. The molecule has 0 aromatic heterocycles. The maximum absolute atomic E-state index is 11.6. The molecule has 0 saturated carbocycles. The van der Waals surface area contributed by atoms with Gasteiger partial charge in [-0.15, -0.1) is 0 Å². The fourth-order valence-corrected chi connectivity index (χ4v) is 1.68. The Morgan fingerprint density at radius 2 is 2.22 bits per heavy atom. The molecule has 18 heavy (non-hydrogen) atoms. The Morgan fingerprint density at radius 3 is 2.94 bits per heavy atom. The van der Waals surface area contributed by atoms with Crippen molar-refractivity contribution in [1.29, 1.82) is 0 Å². The van der Waals surface area contributed by atoms with E-state index in [1.165, 1.54) is 0 Å². The van der Waals surface area contributed by atoms with Crippen LogP contribution >= 0.6 is 11.6 Å². The lowest BCUT2D eigenvalue weighted by atomic mass is 10.1. The van der Waals surface area contributed by atoms with E-state index in [-0.39, 0.29) is 12.5 Å². The molecule has 0 saturated heterocycles. The molecular weight excluding hydrogens is 254 g/mol. The van der Waals surface area contributed by atoms with E-state index in [2.05, 4.69) is 5.32 Å². The van der Waals surface area contributed by atoms with Crippen molar-refractivity contribution in [2.45, 2.75) is 12.8 Å². The highest BCUT2D eigenvalue weighted by Crippen LogP contribution is 2.10. The molecule has 4 nitrogen and oxygen atoms in total. The van der Waals surface area contributed by atoms with E-state index < -0.39 is 0 Å². The minimum Gasteiger partial charge on any atom is -0.394 e. The lowest BCUT2D eigenvalue weighted by Crippen LogP contribution is -2.26. The summed E-state index contributed by atoms with van der Waals surface area (Å²) < 4.78 is 5.08. The van der Waals surface area contributed by atoms with E-state index >= 15 is 0 Å². The van der Waals surface area contributed by atoms with Crippen molar-refractivity contribution >= 4 is 17.5 Å². The number of hydrogen-bond donors (Lipinski definition) is 2. The van der Waals surface area contributed by atoms with Gasteiger partial charge >= 0.3 is 0 Å². The van der Waals surface area contributed by atoms with Gasteiger partial charge in [-0.2, -0.15) is 0 Å². The number of benzene rings is 1. The van der Waals surface area contributed by atoms with Crippen LogP contribution in [0.3, 0.4) is 0 Å². The monoisotopic (exact) mass is 271 g/mol. The molecule has 0 aliphatic heterocycles. The van der Waals surface area contributed by atoms with Gasteiger partial charge in [-0.05, 0) is 24.1 Å². The van der Waals surface area contributed by atoms with Gasteiger partial charge in [0.15, 0.2) is 0 Å². The number of amides is 1. The van der Waals surface area contributed by atoms with Gasteiger partial charge in [0, 0.05) is 18.2 Å². The van der Waals surface area contributed by atoms with Crippen LogP contribution in [0, 0.1) is 0 Å². The Balaban J connectivity index is 2.14. The summed E-state index contributed by atoms with van der Waals surface area (Å²) in [6.07, 6.45) is 1.07. The van der Waals surface area contributed by atoms with Crippen molar-refractivity contribution in [1.82, 2.24) is 5.32 Å². The van der Waals surface area contributed by atoms with E-state index in [1.54, 1.807) is 12.1 Å². The molecule has 0 unspecified atom stereocenters. The van der Waals surface area contributed by atoms with E-state index in [0.29, 0.717) is 31.2 Å². The van der Waals surface area contributed by atoms with Crippen LogP contribution in [0.2, 0.25) is 5.02 Å². The molecule has 1 rings (SSSR count). The highest BCUT2D eigenvalue weighted by atomic mass is 35.5. The van der Waals surface area contributed by atoms with Gasteiger partial charge in [0.2, 0.25) is 5.91 Å². The lowest BCUT2D eigenvalue weighted by molar-refractivity contribution is -0.120. The van der Waals surface area contributed by atoms with E-state index in [9.17, 15) is 4.79 Å². The van der Waals surface area contributed by atoms with Crippen LogP contribution in [0.25, 0.3) is 0 Å². The van der Waals surface area contributed by atoms with Crippen molar-refractivity contribution in [3.63, 3.8) is 0 Å². The number of aliphatic hydroxyl groups excluding tert-OH is 1. The number of hydrogen-bond acceptors (Lipinski definition) is 3. The maximum Gasteiger partial charge on any atom is 0.224 e. The molecule has 5 heteroatoms. The molecule has 1 aromatic carbocycles. The van der Waals surface area contributed by atoms with E-state index in [0.717, 1.165) is 12.0 Å². The summed E-state index contributed by atoms with van der Waals surface area (Å²) in [7, 11) is 0. The largest absolute Gasteiger partial charge is 0.394 e. The summed E-state index contributed by atoms with van der Waals surface area (Å²) >= 11 is 5.83. The number of halogens is 1. The third kappa shape index (κ3) is 6.59. The predicted octanol–water partition coefficient (Wildman–Crippen LogP) is 1.40. The minimum absolute atomic E-state index is 0.0283. The number of carbonyl (C=O) groups excluding carboxylic acids is 1. The first kappa shape index (κ1) is 15.0. The van der Waals surface area contributed by atoms with Gasteiger partial charge in [-0.25, -0.2) is 0 Å². The predicted molar refractivity (Wildman–Crippen MR) is 70.7 cm³/mol. The summed E-state index contributed by atoms with van der Waals surface area (Å²) in [5.74, 6) is -0.0283. The first-order valence-corrected chi connectivity index (χ1v) is 6.30. The number of nitrogens with one attached hydrogen (secondary N) is 1. The highest BCUT2D eigenvalue weighted by Gasteiger charge is 2.02. The second-order valence-electron chi connectivity index (χ2n) is 3.85. The number of carbonyl (C=O) groups is 1. The van der Waals surface area contributed by atoms with Gasteiger partial charge in [0.1, 0.15) is 0 Å². The van der Waals surface area contributed by atoms with Crippen molar-refractivity contribution in [3.05, 3.63) is 34.9 Å². The molecule has 100 valence electrons. The first-order valence-electron chi connectivity index (χ1n) is 5.92. The zero-order chi connectivity index (χ0) is 13.2. The van der Waals surface area contributed by atoms with Crippen LogP contribution < -0.4 is 5.32 Å². The zero-order valence-electron chi connectivity index (χ0n) is 10.2. The fourth-order valence-electron chi connectivity index (χ4n) is 1.46. The second kappa shape index (κ2) is 8.91. The minimum atomic E-state index is -0.0283. The van der Waals surface area contributed by atoms with Gasteiger partial charge in [-0.3, -0.25) is 4.79 Å². The third-order valence-corrected chi connectivity index (χ3v) is 2.51. The van der Waals surface area contributed by atoms with Gasteiger partial charge in [0.05, 0.1) is 19.6 Å². The molecule has 1 aromatic rings. The normalized spacial score (nSPS) is 10.3. The zero-order valence-corrected chi connectivity index (χ0v) is 10.9. The van der Waals surface area contributed by atoms with E-state index in [1.807, 2.05) is 12.1 Å². The topological polar surface area (TPSA) is 58.6 Å².